The average Bonchev–Trinajstić information content (AvgIpc) is 2.43. The molecular formula is C14H11ClO4. The molecule has 0 aliphatic rings. The summed E-state index contributed by atoms with van der Waals surface area (Å²) >= 11 is 5.64. The molecule has 0 radical (unpaired) electrons. The second kappa shape index (κ2) is 5.63. The number of hydrogen-bond acceptors (Lipinski definition) is 4. The van der Waals surface area contributed by atoms with Crippen molar-refractivity contribution in [3.8, 4) is 11.5 Å². The van der Waals surface area contributed by atoms with E-state index in [9.17, 15) is 15.0 Å². The summed E-state index contributed by atoms with van der Waals surface area (Å²) in [6.07, 6.45) is 0. The number of carbonyl (C=O) groups is 1. The fraction of sp³-hybridized carbons (Fsp3) is 0.0714. The third kappa shape index (κ3) is 2.98. The van der Waals surface area contributed by atoms with Gasteiger partial charge in [-0.1, -0.05) is 41.9 Å². The van der Waals surface area contributed by atoms with Crippen LogP contribution < -0.4 is 0 Å². The van der Waals surface area contributed by atoms with E-state index in [-0.39, 0.29) is 22.9 Å². The van der Waals surface area contributed by atoms with Gasteiger partial charge in [-0.05, 0) is 17.7 Å². The van der Waals surface area contributed by atoms with E-state index in [2.05, 4.69) is 0 Å². The van der Waals surface area contributed by atoms with Crippen LogP contribution in [0.5, 0.6) is 11.5 Å². The van der Waals surface area contributed by atoms with Gasteiger partial charge in [0.25, 0.3) is 0 Å². The highest BCUT2D eigenvalue weighted by atomic mass is 35.5. The molecule has 0 bridgehead atoms. The molecule has 0 unspecified atom stereocenters. The zero-order valence-electron chi connectivity index (χ0n) is 9.84. The van der Waals surface area contributed by atoms with Crippen LogP contribution in [0, 0.1) is 0 Å². The molecule has 0 aliphatic carbocycles. The van der Waals surface area contributed by atoms with E-state index in [0.29, 0.717) is 0 Å². The van der Waals surface area contributed by atoms with E-state index in [1.165, 1.54) is 12.1 Å². The summed E-state index contributed by atoms with van der Waals surface area (Å²) in [6.45, 7) is 0.0949. The van der Waals surface area contributed by atoms with Gasteiger partial charge in [-0.3, -0.25) is 0 Å². The predicted octanol–water partition coefficient (Wildman–Crippen LogP) is 3.11. The van der Waals surface area contributed by atoms with Crippen molar-refractivity contribution >= 4 is 17.6 Å². The van der Waals surface area contributed by atoms with Crippen LogP contribution in [0.2, 0.25) is 5.02 Å². The molecule has 0 spiro atoms. The Morgan fingerprint density at radius 3 is 2.47 bits per heavy atom. The van der Waals surface area contributed by atoms with Gasteiger partial charge in [-0.25, -0.2) is 4.79 Å². The smallest absolute Gasteiger partial charge is 0.342 e. The summed E-state index contributed by atoms with van der Waals surface area (Å²) in [5.41, 5.74) is 0.749. The molecule has 2 aromatic carbocycles. The monoisotopic (exact) mass is 278 g/mol. The third-order valence-corrected chi connectivity index (χ3v) is 2.90. The minimum atomic E-state index is -0.705. The van der Waals surface area contributed by atoms with Crippen LogP contribution in [0.3, 0.4) is 0 Å². The van der Waals surface area contributed by atoms with Crippen LogP contribution in [0.15, 0.2) is 42.5 Å². The van der Waals surface area contributed by atoms with Crippen LogP contribution >= 0.6 is 11.6 Å². The largest absolute Gasteiger partial charge is 0.506 e. The molecule has 0 amide bonds. The Labute approximate surface area is 114 Å². The maximum Gasteiger partial charge on any atom is 0.342 e. The normalized spacial score (nSPS) is 10.2. The van der Waals surface area contributed by atoms with Crippen molar-refractivity contribution in [2.45, 2.75) is 6.61 Å². The van der Waals surface area contributed by atoms with Gasteiger partial charge in [0.1, 0.15) is 22.9 Å². The maximum absolute atomic E-state index is 11.8. The first-order valence-electron chi connectivity index (χ1n) is 5.51. The highest BCUT2D eigenvalue weighted by molar-refractivity contribution is 6.34. The predicted molar refractivity (Wildman–Crippen MR) is 70.3 cm³/mol. The van der Waals surface area contributed by atoms with Gasteiger partial charge in [-0.15, -0.1) is 0 Å². The Kier molecular flexibility index (Phi) is 3.92. The van der Waals surface area contributed by atoms with E-state index in [1.807, 2.05) is 30.3 Å². The number of ether oxygens (including phenoxy) is 1. The minimum absolute atomic E-state index is 0.0845. The number of benzene rings is 2. The van der Waals surface area contributed by atoms with Crippen LogP contribution in [-0.2, 0) is 11.3 Å². The van der Waals surface area contributed by atoms with Gasteiger partial charge in [-0.2, -0.15) is 0 Å². The van der Waals surface area contributed by atoms with E-state index >= 15 is 0 Å². The molecule has 0 aliphatic heterocycles. The third-order valence-electron chi connectivity index (χ3n) is 2.53. The summed E-state index contributed by atoms with van der Waals surface area (Å²) in [4.78, 5) is 11.8. The molecule has 0 aromatic heterocycles. The first-order chi connectivity index (χ1) is 9.09. The number of phenolic OH excluding ortho intramolecular Hbond substituents is 2. The molecule has 98 valence electrons. The lowest BCUT2D eigenvalue weighted by Gasteiger charge is -2.08. The number of carbonyl (C=O) groups excluding carboxylic acids is 1. The number of esters is 1. The Bertz CT molecular complexity index is 596. The van der Waals surface area contributed by atoms with Crippen molar-refractivity contribution in [1.29, 1.82) is 0 Å². The van der Waals surface area contributed by atoms with Crippen molar-refractivity contribution < 1.29 is 19.7 Å². The molecule has 2 rings (SSSR count). The minimum Gasteiger partial charge on any atom is -0.506 e. The van der Waals surface area contributed by atoms with Crippen LogP contribution in [0.4, 0.5) is 0 Å². The molecule has 0 saturated carbocycles. The molecule has 0 atom stereocenters. The summed E-state index contributed by atoms with van der Waals surface area (Å²) in [6, 6.07) is 11.6. The van der Waals surface area contributed by atoms with Crippen LogP contribution in [0.1, 0.15) is 15.9 Å². The van der Waals surface area contributed by atoms with E-state index < -0.39 is 11.7 Å². The highest BCUT2D eigenvalue weighted by Crippen LogP contribution is 2.35. The average molecular weight is 279 g/mol. The number of hydrogen-bond donors (Lipinski definition) is 2. The van der Waals surface area contributed by atoms with E-state index in [4.69, 9.17) is 16.3 Å². The number of phenols is 2. The molecular weight excluding hydrogens is 268 g/mol. The van der Waals surface area contributed by atoms with Crippen LogP contribution in [-0.4, -0.2) is 16.2 Å². The van der Waals surface area contributed by atoms with Crippen molar-refractivity contribution in [2.24, 2.45) is 0 Å². The SMILES string of the molecule is O=C(OCc1ccccc1)c1ccc(O)c(Cl)c1O. The van der Waals surface area contributed by atoms with Crippen LogP contribution in [0.25, 0.3) is 0 Å². The van der Waals surface area contributed by atoms with Gasteiger partial charge in [0, 0.05) is 0 Å². The quantitative estimate of drug-likeness (QED) is 0.847. The Morgan fingerprint density at radius 1 is 1.11 bits per heavy atom. The number of halogens is 1. The molecule has 0 saturated heterocycles. The fourth-order valence-corrected chi connectivity index (χ4v) is 1.68. The summed E-state index contributed by atoms with van der Waals surface area (Å²) in [5.74, 6) is -1.48. The number of rotatable bonds is 3. The van der Waals surface area contributed by atoms with Crippen molar-refractivity contribution in [1.82, 2.24) is 0 Å². The van der Waals surface area contributed by atoms with Gasteiger partial charge in [0.05, 0.1) is 0 Å². The van der Waals surface area contributed by atoms with Gasteiger partial charge >= 0.3 is 5.97 Å². The molecule has 4 nitrogen and oxygen atoms in total. The fourth-order valence-electron chi connectivity index (χ4n) is 1.52. The van der Waals surface area contributed by atoms with Gasteiger partial charge in [0.15, 0.2) is 5.75 Å². The highest BCUT2D eigenvalue weighted by Gasteiger charge is 2.17. The first kappa shape index (κ1) is 13.2. The topological polar surface area (TPSA) is 66.8 Å². The Morgan fingerprint density at radius 2 is 1.79 bits per heavy atom. The Balaban J connectivity index is 2.11. The van der Waals surface area contributed by atoms with Crippen molar-refractivity contribution in [3.05, 3.63) is 58.6 Å². The summed E-state index contributed by atoms with van der Waals surface area (Å²) < 4.78 is 5.05. The second-order valence-corrected chi connectivity index (χ2v) is 4.23. The second-order valence-electron chi connectivity index (χ2n) is 3.86. The summed E-state index contributed by atoms with van der Waals surface area (Å²) in [5, 5.41) is 18.7. The Hall–Kier alpha value is -2.20. The molecule has 0 heterocycles. The molecule has 5 heteroatoms. The van der Waals surface area contributed by atoms with Crippen molar-refractivity contribution in [2.75, 3.05) is 0 Å². The lowest BCUT2D eigenvalue weighted by molar-refractivity contribution is 0.0469. The lowest BCUT2D eigenvalue weighted by atomic mass is 10.2. The lowest BCUT2D eigenvalue weighted by Crippen LogP contribution is -2.05. The number of aromatic hydroxyl groups is 2. The van der Waals surface area contributed by atoms with Gasteiger partial charge in [0.2, 0.25) is 0 Å². The van der Waals surface area contributed by atoms with E-state index in [0.717, 1.165) is 5.56 Å². The molecule has 0 fully saturated rings. The zero-order valence-corrected chi connectivity index (χ0v) is 10.6. The summed E-state index contributed by atoms with van der Waals surface area (Å²) in [7, 11) is 0. The van der Waals surface area contributed by atoms with E-state index in [1.54, 1.807) is 0 Å². The van der Waals surface area contributed by atoms with Gasteiger partial charge < -0.3 is 14.9 Å². The maximum atomic E-state index is 11.8. The standard InChI is InChI=1S/C14H11ClO4/c15-12-11(16)7-6-10(13(12)17)14(18)19-8-9-4-2-1-3-5-9/h1-7,16-17H,8H2. The molecule has 19 heavy (non-hydrogen) atoms. The van der Waals surface area contributed by atoms with Crippen molar-refractivity contribution in [3.63, 3.8) is 0 Å². The molecule has 2 aromatic rings. The zero-order chi connectivity index (χ0) is 13.8. The molecule has 2 N–H and O–H groups in total. The first-order valence-corrected chi connectivity index (χ1v) is 5.89.